The molecule has 1 aromatic heterocycles. The van der Waals surface area contributed by atoms with E-state index in [2.05, 4.69) is 20.6 Å². The molecule has 0 saturated heterocycles. The molecule has 1 atom stereocenters. The molecule has 3 aromatic rings. The standard InChI is InChI=1S/C21H24N4O4/c1-5-13(2)24-21(26)25-14-6-8-15(9-7-14)29-20-16-10-18(27-3)19(28-4)11-17(16)22-12-23-20/h6-13H,5H2,1-4H3,(H2,24,25,26). The van der Waals surface area contributed by atoms with E-state index >= 15 is 0 Å². The predicted octanol–water partition coefficient (Wildman–Crippen LogP) is 4.36. The van der Waals surface area contributed by atoms with Gasteiger partial charge in [0.05, 0.1) is 25.1 Å². The molecular weight excluding hydrogens is 372 g/mol. The minimum absolute atomic E-state index is 0.110. The summed E-state index contributed by atoms with van der Waals surface area (Å²) in [6.45, 7) is 3.97. The summed E-state index contributed by atoms with van der Waals surface area (Å²) in [5.74, 6) is 2.11. The number of aromatic nitrogens is 2. The minimum Gasteiger partial charge on any atom is -0.493 e. The largest absolute Gasteiger partial charge is 0.493 e. The third kappa shape index (κ3) is 4.84. The van der Waals surface area contributed by atoms with Gasteiger partial charge in [-0.3, -0.25) is 0 Å². The second-order valence-corrected chi connectivity index (χ2v) is 6.44. The molecule has 152 valence electrons. The van der Waals surface area contributed by atoms with Gasteiger partial charge in [-0.15, -0.1) is 0 Å². The molecule has 29 heavy (non-hydrogen) atoms. The Morgan fingerprint density at radius 3 is 2.41 bits per heavy atom. The van der Waals surface area contributed by atoms with Crippen molar-refractivity contribution in [2.24, 2.45) is 0 Å². The number of benzene rings is 2. The molecule has 0 fully saturated rings. The van der Waals surface area contributed by atoms with E-state index in [0.29, 0.717) is 39.7 Å². The summed E-state index contributed by atoms with van der Waals surface area (Å²) in [7, 11) is 3.14. The highest BCUT2D eigenvalue weighted by molar-refractivity contribution is 5.89. The summed E-state index contributed by atoms with van der Waals surface area (Å²) in [6, 6.07) is 10.5. The van der Waals surface area contributed by atoms with E-state index in [0.717, 1.165) is 6.42 Å². The van der Waals surface area contributed by atoms with Crippen LogP contribution in [-0.2, 0) is 0 Å². The molecule has 0 aliphatic carbocycles. The van der Waals surface area contributed by atoms with Gasteiger partial charge in [0.25, 0.3) is 0 Å². The third-order valence-electron chi connectivity index (χ3n) is 4.42. The first-order valence-electron chi connectivity index (χ1n) is 9.26. The molecule has 0 radical (unpaired) electrons. The molecule has 2 N–H and O–H groups in total. The molecular formula is C21H24N4O4. The van der Waals surface area contributed by atoms with Crippen LogP contribution in [0.4, 0.5) is 10.5 Å². The number of amides is 2. The second-order valence-electron chi connectivity index (χ2n) is 6.44. The zero-order chi connectivity index (χ0) is 20.8. The second kappa shape index (κ2) is 9.09. The van der Waals surface area contributed by atoms with Crippen LogP contribution in [0.2, 0.25) is 0 Å². The van der Waals surface area contributed by atoms with Crippen LogP contribution in [0.1, 0.15) is 20.3 Å². The summed E-state index contributed by atoms with van der Waals surface area (Å²) < 4.78 is 16.6. The number of carbonyl (C=O) groups excluding carboxylic acids is 1. The average molecular weight is 396 g/mol. The third-order valence-corrected chi connectivity index (χ3v) is 4.42. The van der Waals surface area contributed by atoms with Gasteiger partial charge in [-0.1, -0.05) is 6.92 Å². The van der Waals surface area contributed by atoms with Crippen molar-refractivity contribution in [2.45, 2.75) is 26.3 Å². The van der Waals surface area contributed by atoms with Crippen LogP contribution in [0.15, 0.2) is 42.7 Å². The fraction of sp³-hybridized carbons (Fsp3) is 0.286. The molecule has 8 nitrogen and oxygen atoms in total. The highest BCUT2D eigenvalue weighted by Gasteiger charge is 2.12. The number of hydrogen-bond donors (Lipinski definition) is 2. The van der Waals surface area contributed by atoms with Crippen molar-refractivity contribution >= 4 is 22.6 Å². The van der Waals surface area contributed by atoms with E-state index in [1.54, 1.807) is 50.6 Å². The van der Waals surface area contributed by atoms with E-state index in [4.69, 9.17) is 14.2 Å². The number of hydrogen-bond acceptors (Lipinski definition) is 6. The van der Waals surface area contributed by atoms with Crippen LogP contribution in [0.5, 0.6) is 23.1 Å². The van der Waals surface area contributed by atoms with Crippen LogP contribution in [-0.4, -0.2) is 36.3 Å². The summed E-state index contributed by atoms with van der Waals surface area (Å²) in [6.07, 6.45) is 2.29. The lowest BCUT2D eigenvalue weighted by atomic mass is 10.2. The maximum atomic E-state index is 11.9. The van der Waals surface area contributed by atoms with Gasteiger partial charge in [0.2, 0.25) is 5.88 Å². The monoisotopic (exact) mass is 396 g/mol. The Hall–Kier alpha value is -3.55. The van der Waals surface area contributed by atoms with Gasteiger partial charge in [-0.2, -0.15) is 0 Å². The molecule has 0 aliphatic heterocycles. The lowest BCUT2D eigenvalue weighted by Gasteiger charge is -2.13. The fourth-order valence-electron chi connectivity index (χ4n) is 2.65. The van der Waals surface area contributed by atoms with Crippen molar-refractivity contribution in [2.75, 3.05) is 19.5 Å². The molecule has 0 aliphatic rings. The van der Waals surface area contributed by atoms with Gasteiger partial charge in [0, 0.05) is 17.8 Å². The molecule has 1 unspecified atom stereocenters. The first kappa shape index (κ1) is 20.2. The molecule has 0 saturated carbocycles. The number of nitrogens with zero attached hydrogens (tertiary/aromatic N) is 2. The quantitative estimate of drug-likeness (QED) is 0.616. The Morgan fingerprint density at radius 2 is 1.76 bits per heavy atom. The summed E-state index contributed by atoms with van der Waals surface area (Å²) in [5, 5.41) is 6.34. The average Bonchev–Trinajstić information content (AvgIpc) is 2.74. The Labute approximate surface area is 169 Å². The highest BCUT2D eigenvalue weighted by Crippen LogP contribution is 2.35. The molecule has 3 rings (SSSR count). The predicted molar refractivity (Wildman–Crippen MR) is 111 cm³/mol. The van der Waals surface area contributed by atoms with Crippen molar-refractivity contribution in [1.29, 1.82) is 0 Å². The van der Waals surface area contributed by atoms with Crippen LogP contribution < -0.4 is 24.8 Å². The van der Waals surface area contributed by atoms with Crippen LogP contribution in [0.3, 0.4) is 0 Å². The number of methoxy groups -OCH3 is 2. The number of carbonyl (C=O) groups is 1. The van der Waals surface area contributed by atoms with E-state index in [9.17, 15) is 4.79 Å². The van der Waals surface area contributed by atoms with Gasteiger partial charge in [-0.05, 0) is 43.7 Å². The molecule has 2 amide bonds. The number of ether oxygens (including phenoxy) is 3. The van der Waals surface area contributed by atoms with Crippen molar-refractivity contribution in [1.82, 2.24) is 15.3 Å². The SMILES string of the molecule is CCC(C)NC(=O)Nc1ccc(Oc2ncnc3cc(OC)c(OC)cc23)cc1. The Bertz CT molecular complexity index is 992. The molecule has 8 heteroatoms. The first-order valence-corrected chi connectivity index (χ1v) is 9.26. The van der Waals surface area contributed by atoms with Gasteiger partial charge >= 0.3 is 6.03 Å². The summed E-state index contributed by atoms with van der Waals surface area (Å²) >= 11 is 0. The lowest BCUT2D eigenvalue weighted by molar-refractivity contribution is 0.249. The van der Waals surface area contributed by atoms with Crippen molar-refractivity contribution in [3.63, 3.8) is 0 Å². The first-order chi connectivity index (χ1) is 14.0. The Kier molecular flexibility index (Phi) is 6.33. The number of nitrogens with one attached hydrogen (secondary N) is 2. The fourth-order valence-corrected chi connectivity index (χ4v) is 2.65. The normalized spacial score (nSPS) is 11.6. The van der Waals surface area contributed by atoms with Crippen molar-refractivity contribution in [3.8, 4) is 23.1 Å². The zero-order valence-electron chi connectivity index (χ0n) is 16.9. The lowest BCUT2D eigenvalue weighted by Crippen LogP contribution is -2.35. The van der Waals surface area contributed by atoms with Crippen LogP contribution in [0.25, 0.3) is 10.9 Å². The topological polar surface area (TPSA) is 94.6 Å². The summed E-state index contributed by atoms with van der Waals surface area (Å²) in [5.41, 5.74) is 1.34. The zero-order valence-corrected chi connectivity index (χ0v) is 16.9. The Balaban J connectivity index is 1.78. The van der Waals surface area contributed by atoms with Gasteiger partial charge < -0.3 is 24.8 Å². The van der Waals surface area contributed by atoms with Crippen LogP contribution >= 0.6 is 0 Å². The smallest absolute Gasteiger partial charge is 0.319 e. The molecule has 1 heterocycles. The number of urea groups is 1. The van der Waals surface area contributed by atoms with Gasteiger partial charge in [-0.25, -0.2) is 14.8 Å². The highest BCUT2D eigenvalue weighted by atomic mass is 16.5. The van der Waals surface area contributed by atoms with Gasteiger partial charge in [0.15, 0.2) is 11.5 Å². The van der Waals surface area contributed by atoms with E-state index in [1.807, 2.05) is 13.8 Å². The van der Waals surface area contributed by atoms with E-state index in [-0.39, 0.29) is 12.1 Å². The number of anilines is 1. The number of rotatable bonds is 7. The molecule has 0 bridgehead atoms. The molecule has 2 aromatic carbocycles. The van der Waals surface area contributed by atoms with Crippen molar-refractivity contribution < 1.29 is 19.0 Å². The van der Waals surface area contributed by atoms with Gasteiger partial charge in [0.1, 0.15) is 12.1 Å². The van der Waals surface area contributed by atoms with Crippen LogP contribution in [0, 0.1) is 0 Å². The maximum absolute atomic E-state index is 11.9. The minimum atomic E-state index is -0.240. The van der Waals surface area contributed by atoms with Crippen molar-refractivity contribution in [3.05, 3.63) is 42.7 Å². The van der Waals surface area contributed by atoms with E-state index in [1.165, 1.54) is 6.33 Å². The van der Waals surface area contributed by atoms with E-state index < -0.39 is 0 Å². The Morgan fingerprint density at radius 1 is 1.07 bits per heavy atom. The number of fused-ring (bicyclic) bond motifs is 1. The molecule has 0 spiro atoms. The summed E-state index contributed by atoms with van der Waals surface area (Å²) in [4.78, 5) is 20.4. The maximum Gasteiger partial charge on any atom is 0.319 e.